The van der Waals surface area contributed by atoms with Gasteiger partial charge >= 0.3 is 0 Å². The summed E-state index contributed by atoms with van der Waals surface area (Å²) in [5.41, 5.74) is 0.746. The van der Waals surface area contributed by atoms with E-state index in [1.54, 1.807) is 4.57 Å². The smallest absolute Gasteiger partial charge is 0.262 e. The fourth-order valence-corrected chi connectivity index (χ4v) is 2.23. The Bertz CT molecular complexity index is 673. The van der Waals surface area contributed by atoms with Gasteiger partial charge in [-0.2, -0.15) is 0 Å². The number of nitrogens with one attached hydrogen (secondary N) is 1. The zero-order chi connectivity index (χ0) is 13.8. The Morgan fingerprint density at radius 2 is 2.11 bits per heavy atom. The van der Waals surface area contributed by atoms with Gasteiger partial charge in [0.25, 0.3) is 5.56 Å². The topological polar surface area (TPSA) is 47.0 Å². The van der Waals surface area contributed by atoms with Gasteiger partial charge in [0, 0.05) is 13.2 Å². The van der Waals surface area contributed by atoms with Crippen LogP contribution in [0.1, 0.15) is 20.3 Å². The first-order chi connectivity index (χ1) is 9.09. The highest BCUT2D eigenvalue weighted by molar-refractivity contribution is 7.71. The molecule has 1 aromatic heterocycles. The number of rotatable bonds is 5. The average molecular weight is 278 g/mol. The Morgan fingerprint density at radius 3 is 2.84 bits per heavy atom. The Kier molecular flexibility index (Phi) is 4.50. The van der Waals surface area contributed by atoms with Crippen molar-refractivity contribution in [2.24, 2.45) is 0 Å². The molecule has 1 heterocycles. The van der Waals surface area contributed by atoms with E-state index in [0.717, 1.165) is 11.9 Å². The molecule has 2 rings (SSSR count). The van der Waals surface area contributed by atoms with Crippen molar-refractivity contribution in [2.75, 3.05) is 6.61 Å². The van der Waals surface area contributed by atoms with Crippen molar-refractivity contribution < 1.29 is 4.74 Å². The van der Waals surface area contributed by atoms with Gasteiger partial charge in [0.15, 0.2) is 4.77 Å². The highest BCUT2D eigenvalue weighted by Crippen LogP contribution is 2.06. The summed E-state index contributed by atoms with van der Waals surface area (Å²) in [4.78, 5) is 15.4. The van der Waals surface area contributed by atoms with Crippen LogP contribution >= 0.6 is 12.2 Å². The lowest BCUT2D eigenvalue weighted by Crippen LogP contribution is -2.23. The highest BCUT2D eigenvalue weighted by Gasteiger charge is 2.04. The quantitative estimate of drug-likeness (QED) is 0.676. The van der Waals surface area contributed by atoms with Crippen molar-refractivity contribution in [3.05, 3.63) is 39.4 Å². The fourth-order valence-electron chi connectivity index (χ4n) is 1.94. The maximum Gasteiger partial charge on any atom is 0.262 e. The van der Waals surface area contributed by atoms with Gasteiger partial charge in [-0.05, 0) is 44.6 Å². The second-order valence-electron chi connectivity index (χ2n) is 4.71. The van der Waals surface area contributed by atoms with Gasteiger partial charge in [-0.3, -0.25) is 9.36 Å². The Balaban J connectivity index is 2.24. The minimum absolute atomic E-state index is 0.0381. The zero-order valence-electron chi connectivity index (χ0n) is 11.2. The second kappa shape index (κ2) is 6.12. The number of fused-ring (bicyclic) bond motifs is 1. The van der Waals surface area contributed by atoms with Crippen molar-refractivity contribution in [3.8, 4) is 0 Å². The van der Waals surface area contributed by atoms with E-state index in [0.29, 0.717) is 23.3 Å². The van der Waals surface area contributed by atoms with E-state index in [4.69, 9.17) is 17.0 Å². The fraction of sp³-hybridized carbons (Fsp3) is 0.429. The molecule has 0 unspecified atom stereocenters. The molecular formula is C14H18N2O2S. The summed E-state index contributed by atoms with van der Waals surface area (Å²) in [6, 6.07) is 7.41. The van der Waals surface area contributed by atoms with Gasteiger partial charge in [-0.1, -0.05) is 12.1 Å². The molecule has 0 atom stereocenters. The molecule has 0 fully saturated rings. The van der Waals surface area contributed by atoms with Crippen LogP contribution in [0.3, 0.4) is 0 Å². The Hall–Kier alpha value is -1.46. The molecule has 4 nitrogen and oxygen atoms in total. The summed E-state index contributed by atoms with van der Waals surface area (Å²) < 4.78 is 7.54. The molecule has 0 amide bonds. The van der Waals surface area contributed by atoms with Gasteiger partial charge in [-0.15, -0.1) is 0 Å². The summed E-state index contributed by atoms with van der Waals surface area (Å²) in [6.07, 6.45) is 0.983. The molecule has 5 heteroatoms. The molecule has 0 radical (unpaired) electrons. The van der Waals surface area contributed by atoms with E-state index >= 15 is 0 Å². The third-order valence-corrected chi connectivity index (χ3v) is 3.19. The van der Waals surface area contributed by atoms with Crippen molar-refractivity contribution in [1.82, 2.24) is 9.55 Å². The van der Waals surface area contributed by atoms with Crippen LogP contribution in [0.5, 0.6) is 0 Å². The third-order valence-electron chi connectivity index (χ3n) is 2.87. The van der Waals surface area contributed by atoms with Crippen LogP contribution in [0.15, 0.2) is 29.1 Å². The highest BCUT2D eigenvalue weighted by atomic mass is 32.1. The number of hydrogen-bond donors (Lipinski definition) is 1. The molecule has 0 spiro atoms. The zero-order valence-corrected chi connectivity index (χ0v) is 12.0. The van der Waals surface area contributed by atoms with Gasteiger partial charge < -0.3 is 9.72 Å². The molecule has 102 valence electrons. The summed E-state index contributed by atoms with van der Waals surface area (Å²) in [6.45, 7) is 5.19. The van der Waals surface area contributed by atoms with E-state index in [1.165, 1.54) is 0 Å². The number of aromatic amines is 1. The molecule has 0 saturated heterocycles. The van der Waals surface area contributed by atoms with Gasteiger partial charge in [0.1, 0.15) is 0 Å². The maximum atomic E-state index is 12.3. The van der Waals surface area contributed by atoms with Crippen LogP contribution in [0.25, 0.3) is 10.9 Å². The van der Waals surface area contributed by atoms with Gasteiger partial charge in [0.2, 0.25) is 0 Å². The lowest BCUT2D eigenvalue weighted by Gasteiger charge is -2.10. The first-order valence-electron chi connectivity index (χ1n) is 6.43. The average Bonchev–Trinajstić information content (AvgIpc) is 2.37. The predicted molar refractivity (Wildman–Crippen MR) is 79.1 cm³/mol. The number of ether oxygens (including phenoxy) is 1. The number of hydrogen-bond acceptors (Lipinski definition) is 3. The molecule has 0 saturated carbocycles. The summed E-state index contributed by atoms with van der Waals surface area (Å²) >= 11 is 5.23. The van der Waals surface area contributed by atoms with Crippen LogP contribution in [0.2, 0.25) is 0 Å². The molecule has 0 aliphatic carbocycles. The van der Waals surface area contributed by atoms with Gasteiger partial charge in [-0.25, -0.2) is 0 Å². The predicted octanol–water partition coefficient (Wildman–Crippen LogP) is 2.87. The van der Waals surface area contributed by atoms with Crippen LogP contribution in [0, 0.1) is 4.77 Å². The van der Waals surface area contributed by atoms with E-state index < -0.39 is 0 Å². The Morgan fingerprint density at radius 1 is 1.37 bits per heavy atom. The second-order valence-corrected chi connectivity index (χ2v) is 5.09. The van der Waals surface area contributed by atoms with Crippen molar-refractivity contribution in [1.29, 1.82) is 0 Å². The van der Waals surface area contributed by atoms with Crippen molar-refractivity contribution >= 4 is 23.1 Å². The lowest BCUT2D eigenvalue weighted by atomic mass is 10.2. The molecule has 1 aromatic carbocycles. The minimum atomic E-state index is -0.0381. The standard InChI is InChI=1S/C14H18N2O2S/c1-10(2)18-9-5-8-16-13(17)11-6-3-4-7-12(11)15-14(16)19/h3-4,6-7,10H,5,8-9H2,1-2H3,(H,15,19). The third kappa shape index (κ3) is 3.30. The van der Waals surface area contributed by atoms with Gasteiger partial charge in [0.05, 0.1) is 17.0 Å². The number of benzene rings is 1. The summed E-state index contributed by atoms with van der Waals surface area (Å²) in [5, 5.41) is 0.667. The molecular weight excluding hydrogens is 260 g/mol. The monoisotopic (exact) mass is 278 g/mol. The molecule has 0 aliphatic rings. The molecule has 0 bridgehead atoms. The normalized spacial score (nSPS) is 11.3. The maximum absolute atomic E-state index is 12.3. The number of nitrogens with zero attached hydrogens (tertiary/aromatic N) is 1. The van der Waals surface area contributed by atoms with E-state index in [2.05, 4.69) is 4.98 Å². The Labute approximate surface area is 117 Å². The lowest BCUT2D eigenvalue weighted by molar-refractivity contribution is 0.0746. The van der Waals surface area contributed by atoms with Crippen LogP contribution in [-0.2, 0) is 11.3 Å². The molecule has 0 aliphatic heterocycles. The van der Waals surface area contributed by atoms with Crippen LogP contribution in [0.4, 0.5) is 0 Å². The largest absolute Gasteiger partial charge is 0.379 e. The number of para-hydroxylation sites is 1. The van der Waals surface area contributed by atoms with E-state index in [1.807, 2.05) is 38.1 Å². The molecule has 1 N–H and O–H groups in total. The van der Waals surface area contributed by atoms with Crippen LogP contribution < -0.4 is 5.56 Å². The summed E-state index contributed by atoms with van der Waals surface area (Å²) in [7, 11) is 0. The molecule has 19 heavy (non-hydrogen) atoms. The van der Waals surface area contributed by atoms with Crippen molar-refractivity contribution in [2.45, 2.75) is 32.9 Å². The van der Waals surface area contributed by atoms with Crippen LogP contribution in [-0.4, -0.2) is 22.3 Å². The number of aromatic nitrogens is 2. The SMILES string of the molecule is CC(C)OCCCn1c(=S)[nH]c2ccccc2c1=O. The van der Waals surface area contributed by atoms with E-state index in [9.17, 15) is 4.79 Å². The minimum Gasteiger partial charge on any atom is -0.379 e. The van der Waals surface area contributed by atoms with E-state index in [-0.39, 0.29) is 11.7 Å². The summed E-state index contributed by atoms with van der Waals surface area (Å²) in [5.74, 6) is 0. The first kappa shape index (κ1) is 14.0. The number of H-pyrrole nitrogens is 1. The first-order valence-corrected chi connectivity index (χ1v) is 6.84. The van der Waals surface area contributed by atoms with Crippen molar-refractivity contribution in [3.63, 3.8) is 0 Å². The molecule has 2 aromatic rings.